The van der Waals surface area contributed by atoms with Crippen molar-refractivity contribution in [3.63, 3.8) is 0 Å². The van der Waals surface area contributed by atoms with E-state index in [1.54, 1.807) is 0 Å². The largest absolute Gasteiger partial charge is 0.468 e. The van der Waals surface area contributed by atoms with Gasteiger partial charge in [-0.05, 0) is 32.4 Å². The molecule has 3 heteroatoms. The number of carbonyl (C=O) groups is 1. The molecule has 0 amide bonds. The molecule has 0 saturated heterocycles. The lowest BCUT2D eigenvalue weighted by Gasteiger charge is -2.28. The maximum Gasteiger partial charge on any atom is 0.323 e. The van der Waals surface area contributed by atoms with Crippen LogP contribution in [0.15, 0.2) is 0 Å². The van der Waals surface area contributed by atoms with Crippen molar-refractivity contribution in [1.29, 1.82) is 0 Å². The summed E-state index contributed by atoms with van der Waals surface area (Å²) in [5.74, 6) is -0.0845. The molecule has 0 aliphatic carbocycles. The van der Waals surface area contributed by atoms with E-state index < -0.39 is 0 Å². The number of nitrogens with zero attached hydrogens (tertiary/aromatic N) is 1. The van der Waals surface area contributed by atoms with Gasteiger partial charge in [0.15, 0.2) is 0 Å². The van der Waals surface area contributed by atoms with Crippen LogP contribution in [0.5, 0.6) is 0 Å². The first kappa shape index (κ1) is 14.4. The van der Waals surface area contributed by atoms with Crippen LogP contribution in [-0.4, -0.2) is 37.1 Å². The van der Waals surface area contributed by atoms with Crippen molar-refractivity contribution in [2.75, 3.05) is 20.2 Å². The van der Waals surface area contributed by atoms with Crippen molar-refractivity contribution in [2.24, 2.45) is 0 Å². The average molecular weight is 215 g/mol. The van der Waals surface area contributed by atoms with Crippen LogP contribution in [0, 0.1) is 0 Å². The Morgan fingerprint density at radius 2 is 1.67 bits per heavy atom. The number of hydrogen-bond acceptors (Lipinski definition) is 3. The quantitative estimate of drug-likeness (QED) is 0.582. The van der Waals surface area contributed by atoms with Crippen LogP contribution in [0.4, 0.5) is 0 Å². The molecule has 0 rings (SSSR count). The van der Waals surface area contributed by atoms with E-state index in [-0.39, 0.29) is 12.0 Å². The van der Waals surface area contributed by atoms with E-state index in [2.05, 4.69) is 25.7 Å². The minimum atomic E-state index is -0.0845. The summed E-state index contributed by atoms with van der Waals surface area (Å²) in [5.41, 5.74) is 0. The average Bonchev–Trinajstić information content (AvgIpc) is 2.25. The summed E-state index contributed by atoms with van der Waals surface area (Å²) in [4.78, 5) is 13.9. The van der Waals surface area contributed by atoms with Gasteiger partial charge >= 0.3 is 5.97 Å². The van der Waals surface area contributed by atoms with E-state index in [0.29, 0.717) is 0 Å². The maximum atomic E-state index is 11.6. The zero-order valence-electron chi connectivity index (χ0n) is 10.6. The summed E-state index contributed by atoms with van der Waals surface area (Å²) >= 11 is 0. The molecule has 0 saturated carbocycles. The lowest BCUT2D eigenvalue weighted by atomic mass is 10.1. The molecule has 0 spiro atoms. The number of hydrogen-bond donors (Lipinski definition) is 0. The molecule has 0 fully saturated rings. The van der Waals surface area contributed by atoms with Crippen LogP contribution in [-0.2, 0) is 9.53 Å². The second-order valence-corrected chi connectivity index (χ2v) is 3.86. The topological polar surface area (TPSA) is 29.5 Å². The first-order valence-electron chi connectivity index (χ1n) is 6.03. The third-order valence-electron chi connectivity index (χ3n) is 2.50. The molecule has 90 valence electrons. The zero-order valence-corrected chi connectivity index (χ0v) is 10.6. The lowest BCUT2D eigenvalue weighted by Crippen LogP contribution is -2.42. The minimum Gasteiger partial charge on any atom is -0.468 e. The molecular formula is C12H25NO2. The second kappa shape index (κ2) is 8.72. The first-order valence-corrected chi connectivity index (χ1v) is 6.03. The zero-order chi connectivity index (χ0) is 11.7. The van der Waals surface area contributed by atoms with Gasteiger partial charge in [-0.25, -0.2) is 0 Å². The molecule has 0 aromatic rings. The Morgan fingerprint density at radius 1 is 1.13 bits per heavy atom. The molecular weight excluding hydrogens is 190 g/mol. The molecule has 0 heterocycles. The van der Waals surface area contributed by atoms with Crippen LogP contribution in [0.1, 0.15) is 46.5 Å². The van der Waals surface area contributed by atoms with Crippen LogP contribution in [0.2, 0.25) is 0 Å². The van der Waals surface area contributed by atoms with Gasteiger partial charge in [-0.3, -0.25) is 9.69 Å². The normalized spacial score (nSPS) is 12.9. The summed E-state index contributed by atoms with van der Waals surface area (Å²) < 4.78 is 4.86. The van der Waals surface area contributed by atoms with E-state index >= 15 is 0 Å². The van der Waals surface area contributed by atoms with Gasteiger partial charge < -0.3 is 4.74 Å². The van der Waals surface area contributed by atoms with Crippen LogP contribution in [0.25, 0.3) is 0 Å². The Hall–Kier alpha value is -0.570. The number of esters is 1. The van der Waals surface area contributed by atoms with Crippen LogP contribution in [0.3, 0.4) is 0 Å². The van der Waals surface area contributed by atoms with Gasteiger partial charge in [0.1, 0.15) is 6.04 Å². The highest BCUT2D eigenvalue weighted by Crippen LogP contribution is 2.10. The third kappa shape index (κ3) is 5.17. The Labute approximate surface area is 93.8 Å². The molecule has 1 unspecified atom stereocenters. The van der Waals surface area contributed by atoms with E-state index in [4.69, 9.17) is 4.74 Å². The molecule has 0 aromatic carbocycles. The molecule has 0 N–H and O–H groups in total. The summed E-state index contributed by atoms with van der Waals surface area (Å²) in [6, 6.07) is -0.0418. The number of carbonyl (C=O) groups excluding carboxylic acids is 1. The van der Waals surface area contributed by atoms with E-state index in [0.717, 1.165) is 38.8 Å². The monoisotopic (exact) mass is 215 g/mol. The van der Waals surface area contributed by atoms with E-state index in [1.165, 1.54) is 7.11 Å². The highest BCUT2D eigenvalue weighted by molar-refractivity contribution is 5.75. The lowest BCUT2D eigenvalue weighted by molar-refractivity contribution is -0.147. The van der Waals surface area contributed by atoms with Crippen molar-refractivity contribution in [3.8, 4) is 0 Å². The Morgan fingerprint density at radius 3 is 2.00 bits per heavy atom. The summed E-state index contributed by atoms with van der Waals surface area (Å²) in [6.07, 6.45) is 4.07. The predicted molar refractivity (Wildman–Crippen MR) is 62.9 cm³/mol. The fourth-order valence-corrected chi connectivity index (χ4v) is 1.86. The van der Waals surface area contributed by atoms with Crippen molar-refractivity contribution >= 4 is 5.97 Å². The summed E-state index contributed by atoms with van der Waals surface area (Å²) in [7, 11) is 1.47. The third-order valence-corrected chi connectivity index (χ3v) is 2.50. The molecule has 0 aliphatic heterocycles. The van der Waals surface area contributed by atoms with Gasteiger partial charge in [-0.2, -0.15) is 0 Å². The summed E-state index contributed by atoms with van der Waals surface area (Å²) in [5, 5.41) is 0. The fourth-order valence-electron chi connectivity index (χ4n) is 1.86. The highest BCUT2D eigenvalue weighted by Gasteiger charge is 2.24. The van der Waals surface area contributed by atoms with Crippen molar-refractivity contribution < 1.29 is 9.53 Å². The highest BCUT2D eigenvalue weighted by atomic mass is 16.5. The summed E-state index contributed by atoms with van der Waals surface area (Å²) in [6.45, 7) is 8.35. The molecule has 0 aromatic heterocycles. The smallest absolute Gasteiger partial charge is 0.323 e. The Balaban J connectivity index is 4.42. The Bertz CT molecular complexity index is 165. The van der Waals surface area contributed by atoms with Gasteiger partial charge in [0.2, 0.25) is 0 Å². The standard InChI is InChI=1S/C12H25NO2/c1-5-8-11(12(14)15-4)13(9-6-2)10-7-3/h11H,5-10H2,1-4H3. The SMILES string of the molecule is CCCC(C(=O)OC)N(CCC)CCC. The number of methoxy groups -OCH3 is 1. The van der Waals surface area contributed by atoms with Gasteiger partial charge in [-0.1, -0.05) is 27.2 Å². The molecule has 0 aliphatic rings. The number of rotatable bonds is 8. The Kier molecular flexibility index (Phi) is 8.38. The van der Waals surface area contributed by atoms with Gasteiger partial charge in [0.05, 0.1) is 7.11 Å². The van der Waals surface area contributed by atoms with Gasteiger partial charge in [0, 0.05) is 0 Å². The van der Waals surface area contributed by atoms with Crippen molar-refractivity contribution in [1.82, 2.24) is 4.90 Å². The van der Waals surface area contributed by atoms with Crippen molar-refractivity contribution in [2.45, 2.75) is 52.5 Å². The van der Waals surface area contributed by atoms with E-state index in [1.807, 2.05) is 0 Å². The molecule has 0 bridgehead atoms. The number of ether oxygens (including phenoxy) is 1. The first-order chi connectivity index (χ1) is 7.21. The molecule has 0 radical (unpaired) electrons. The van der Waals surface area contributed by atoms with E-state index in [9.17, 15) is 4.79 Å². The van der Waals surface area contributed by atoms with Crippen molar-refractivity contribution in [3.05, 3.63) is 0 Å². The van der Waals surface area contributed by atoms with Crippen LogP contribution < -0.4 is 0 Å². The maximum absolute atomic E-state index is 11.6. The minimum absolute atomic E-state index is 0.0418. The molecule has 3 nitrogen and oxygen atoms in total. The molecule has 1 atom stereocenters. The molecule has 15 heavy (non-hydrogen) atoms. The van der Waals surface area contributed by atoms with Crippen LogP contribution >= 0.6 is 0 Å². The fraction of sp³-hybridized carbons (Fsp3) is 0.917. The second-order valence-electron chi connectivity index (χ2n) is 3.86. The van der Waals surface area contributed by atoms with Gasteiger partial charge in [-0.15, -0.1) is 0 Å². The predicted octanol–water partition coefficient (Wildman–Crippen LogP) is 2.45. The van der Waals surface area contributed by atoms with Gasteiger partial charge in [0.25, 0.3) is 0 Å².